The molecule has 34 heavy (non-hydrogen) atoms. The van der Waals surface area contributed by atoms with E-state index in [0.29, 0.717) is 27.9 Å². The molecule has 176 valence electrons. The molecule has 0 spiro atoms. The van der Waals surface area contributed by atoms with Gasteiger partial charge in [-0.1, -0.05) is 49.7 Å². The number of methoxy groups -OCH3 is 1. The van der Waals surface area contributed by atoms with E-state index in [1.807, 2.05) is 38.1 Å². The highest BCUT2D eigenvalue weighted by atomic mass is 35.5. The van der Waals surface area contributed by atoms with Gasteiger partial charge in [-0.2, -0.15) is 0 Å². The lowest BCUT2D eigenvalue weighted by Gasteiger charge is -2.23. The Morgan fingerprint density at radius 1 is 1.15 bits per heavy atom. The second-order valence-corrected chi connectivity index (χ2v) is 10.1. The molecule has 1 atom stereocenters. The van der Waals surface area contributed by atoms with Crippen molar-refractivity contribution in [1.82, 2.24) is 4.98 Å². The lowest BCUT2D eigenvalue weighted by molar-refractivity contribution is -0.132. The average molecular weight is 497 g/mol. The van der Waals surface area contributed by atoms with Crippen LogP contribution in [0.25, 0.3) is 5.76 Å². The highest BCUT2D eigenvalue weighted by molar-refractivity contribution is 7.16. The number of ether oxygens (including phenoxy) is 1. The number of aliphatic hydroxyl groups excluding tert-OH is 1. The van der Waals surface area contributed by atoms with Crippen LogP contribution in [0.5, 0.6) is 5.75 Å². The van der Waals surface area contributed by atoms with Crippen LogP contribution in [-0.2, 0) is 9.59 Å². The Balaban J connectivity index is 1.93. The van der Waals surface area contributed by atoms with Crippen LogP contribution in [0.2, 0.25) is 5.02 Å². The first-order valence-electron chi connectivity index (χ1n) is 10.8. The van der Waals surface area contributed by atoms with E-state index in [1.165, 1.54) is 29.4 Å². The van der Waals surface area contributed by atoms with Crippen LogP contribution >= 0.6 is 22.9 Å². The number of benzene rings is 2. The summed E-state index contributed by atoms with van der Waals surface area (Å²) in [6.07, 6.45) is 0. The van der Waals surface area contributed by atoms with Gasteiger partial charge in [-0.25, -0.2) is 4.98 Å². The molecule has 0 unspecified atom stereocenters. The first kappa shape index (κ1) is 24.0. The van der Waals surface area contributed by atoms with Crippen LogP contribution in [0.4, 0.5) is 5.13 Å². The molecule has 0 aliphatic carbocycles. The summed E-state index contributed by atoms with van der Waals surface area (Å²) >= 11 is 7.60. The average Bonchev–Trinajstić information content (AvgIpc) is 3.28. The third kappa shape index (κ3) is 4.10. The minimum absolute atomic E-state index is 0.00552. The molecule has 0 bridgehead atoms. The quantitative estimate of drug-likeness (QED) is 0.259. The van der Waals surface area contributed by atoms with Gasteiger partial charge in [0.2, 0.25) is 0 Å². The van der Waals surface area contributed by atoms with Crippen molar-refractivity contribution >= 4 is 45.5 Å². The van der Waals surface area contributed by atoms with Crippen molar-refractivity contribution in [3.8, 4) is 5.75 Å². The Bertz CT molecular complexity index is 1290. The van der Waals surface area contributed by atoms with Gasteiger partial charge in [0, 0.05) is 10.4 Å². The lowest BCUT2D eigenvalue weighted by Crippen LogP contribution is -2.29. The highest BCUT2D eigenvalue weighted by Crippen LogP contribution is 2.44. The summed E-state index contributed by atoms with van der Waals surface area (Å²) in [4.78, 5) is 33.4. The SMILES string of the molecule is COc1ccc(C(O)=C2C(=O)C(=O)N(c3nc(C)c(C)s3)[C@@H]2c2ccc(C(C)C)cc2)cc1Cl. The number of nitrogens with zero attached hydrogens (tertiary/aromatic N) is 2. The number of ketones is 1. The summed E-state index contributed by atoms with van der Waals surface area (Å²) in [5.74, 6) is -1.03. The lowest BCUT2D eigenvalue weighted by atomic mass is 9.93. The molecule has 0 radical (unpaired) electrons. The van der Waals surface area contributed by atoms with Gasteiger partial charge >= 0.3 is 5.91 Å². The van der Waals surface area contributed by atoms with Crippen LogP contribution in [0.1, 0.15) is 53.1 Å². The molecule has 6 nitrogen and oxygen atoms in total. The summed E-state index contributed by atoms with van der Waals surface area (Å²) in [6, 6.07) is 11.6. The number of hydrogen-bond acceptors (Lipinski definition) is 6. The fourth-order valence-electron chi connectivity index (χ4n) is 3.94. The first-order chi connectivity index (χ1) is 16.1. The minimum atomic E-state index is -0.827. The maximum absolute atomic E-state index is 13.3. The zero-order chi connectivity index (χ0) is 24.7. The standard InChI is InChI=1S/C26H25ClN2O4S/c1-13(2)16-6-8-17(9-7-16)22-21(23(30)18-10-11-20(33-5)19(27)12-18)24(31)25(32)29(22)26-28-14(3)15(4)34-26/h6-13,22,30H,1-5H3/t22-/m1/s1. The molecule has 4 rings (SSSR count). The van der Waals surface area contributed by atoms with Crippen LogP contribution in [-0.4, -0.2) is 28.9 Å². The molecule has 1 amide bonds. The zero-order valence-corrected chi connectivity index (χ0v) is 21.1. The Kier molecular flexibility index (Phi) is 6.51. The number of Topliss-reactive ketones (excluding diaryl/α,β-unsaturated/α-hetero) is 1. The highest BCUT2D eigenvalue weighted by Gasteiger charge is 2.48. The van der Waals surface area contributed by atoms with Crippen LogP contribution in [0.15, 0.2) is 48.0 Å². The van der Waals surface area contributed by atoms with E-state index in [4.69, 9.17) is 16.3 Å². The monoisotopic (exact) mass is 496 g/mol. The van der Waals surface area contributed by atoms with Crippen LogP contribution in [0.3, 0.4) is 0 Å². The number of anilines is 1. The van der Waals surface area contributed by atoms with Gasteiger partial charge in [-0.3, -0.25) is 14.5 Å². The molecule has 1 aromatic heterocycles. The zero-order valence-electron chi connectivity index (χ0n) is 19.5. The summed E-state index contributed by atoms with van der Waals surface area (Å²) in [7, 11) is 1.49. The number of hydrogen-bond donors (Lipinski definition) is 1. The molecule has 0 saturated carbocycles. The number of aliphatic hydroxyl groups is 1. The van der Waals surface area contributed by atoms with Crippen molar-refractivity contribution in [2.24, 2.45) is 0 Å². The Morgan fingerprint density at radius 2 is 1.82 bits per heavy atom. The van der Waals surface area contributed by atoms with E-state index >= 15 is 0 Å². The molecule has 1 fully saturated rings. The minimum Gasteiger partial charge on any atom is -0.507 e. The first-order valence-corrected chi connectivity index (χ1v) is 12.0. The van der Waals surface area contributed by atoms with Crippen molar-refractivity contribution in [1.29, 1.82) is 0 Å². The van der Waals surface area contributed by atoms with Gasteiger partial charge in [-0.05, 0) is 49.1 Å². The molecule has 2 aromatic carbocycles. The third-order valence-corrected chi connectivity index (χ3v) is 7.38. The van der Waals surface area contributed by atoms with Gasteiger partial charge in [0.1, 0.15) is 11.5 Å². The molecule has 1 aliphatic heterocycles. The van der Waals surface area contributed by atoms with Gasteiger partial charge < -0.3 is 9.84 Å². The second-order valence-electron chi connectivity index (χ2n) is 8.48. The summed E-state index contributed by atoms with van der Waals surface area (Å²) in [5.41, 5.74) is 2.93. The smallest absolute Gasteiger partial charge is 0.301 e. The number of carbonyl (C=O) groups excluding carboxylic acids is 2. The van der Waals surface area contributed by atoms with Crippen molar-refractivity contribution in [2.45, 2.75) is 39.7 Å². The van der Waals surface area contributed by atoms with Crippen LogP contribution < -0.4 is 9.64 Å². The van der Waals surface area contributed by atoms with Gasteiger partial charge in [0.25, 0.3) is 5.78 Å². The second kappa shape index (κ2) is 9.24. The predicted molar refractivity (Wildman–Crippen MR) is 135 cm³/mol. The van der Waals surface area contributed by atoms with E-state index in [9.17, 15) is 14.7 Å². The number of halogens is 1. The van der Waals surface area contributed by atoms with Gasteiger partial charge in [0.15, 0.2) is 5.13 Å². The van der Waals surface area contributed by atoms with E-state index in [1.54, 1.807) is 12.1 Å². The van der Waals surface area contributed by atoms with Crippen molar-refractivity contribution in [2.75, 3.05) is 12.0 Å². The van der Waals surface area contributed by atoms with E-state index < -0.39 is 17.7 Å². The molecule has 2 heterocycles. The molecule has 8 heteroatoms. The predicted octanol–water partition coefficient (Wildman–Crippen LogP) is 6.17. The number of rotatable bonds is 5. The van der Waals surface area contributed by atoms with Crippen molar-refractivity contribution in [3.63, 3.8) is 0 Å². The van der Waals surface area contributed by atoms with Crippen LogP contribution in [0, 0.1) is 13.8 Å². The number of aromatic nitrogens is 1. The van der Waals surface area contributed by atoms with E-state index in [2.05, 4.69) is 18.8 Å². The summed E-state index contributed by atoms with van der Waals surface area (Å²) in [5, 5.41) is 12.0. The Morgan fingerprint density at radius 3 is 2.35 bits per heavy atom. The molecule has 3 aromatic rings. The molecule has 1 saturated heterocycles. The number of amides is 1. The maximum Gasteiger partial charge on any atom is 0.301 e. The number of aryl methyl sites for hydroxylation is 2. The fourth-order valence-corrected chi connectivity index (χ4v) is 5.13. The Labute approximate surface area is 207 Å². The molecule has 1 N–H and O–H groups in total. The van der Waals surface area contributed by atoms with Gasteiger partial charge in [-0.15, -0.1) is 11.3 Å². The molecule has 1 aliphatic rings. The van der Waals surface area contributed by atoms with E-state index in [-0.39, 0.29) is 16.4 Å². The Hall–Kier alpha value is -3.16. The maximum atomic E-state index is 13.3. The van der Waals surface area contributed by atoms with Crippen molar-refractivity contribution < 1.29 is 19.4 Å². The molecular formula is C26H25ClN2O4S. The topological polar surface area (TPSA) is 79.7 Å². The van der Waals surface area contributed by atoms with Crippen molar-refractivity contribution in [3.05, 3.63) is 80.3 Å². The number of thiazole rings is 1. The summed E-state index contributed by atoms with van der Waals surface area (Å²) in [6.45, 7) is 7.96. The van der Waals surface area contributed by atoms with E-state index in [0.717, 1.165) is 16.1 Å². The third-order valence-electron chi connectivity index (χ3n) is 6.01. The number of carbonyl (C=O) groups is 2. The fraction of sp³-hybridized carbons (Fsp3) is 0.269. The normalized spacial score (nSPS) is 17.6. The molecular weight excluding hydrogens is 472 g/mol. The largest absolute Gasteiger partial charge is 0.507 e. The van der Waals surface area contributed by atoms with Gasteiger partial charge in [0.05, 0.1) is 29.4 Å². The summed E-state index contributed by atoms with van der Waals surface area (Å²) < 4.78 is 5.19.